The number of methoxy groups -OCH3 is 2. The molecule has 0 amide bonds. The predicted molar refractivity (Wildman–Crippen MR) is 144 cm³/mol. The van der Waals surface area contributed by atoms with Crippen molar-refractivity contribution in [3.63, 3.8) is 0 Å². The predicted octanol–water partition coefficient (Wildman–Crippen LogP) is 4.11. The van der Waals surface area contributed by atoms with Gasteiger partial charge in [0.2, 0.25) is 0 Å². The van der Waals surface area contributed by atoms with E-state index in [0.717, 1.165) is 11.1 Å². The molecule has 2 unspecified atom stereocenters. The summed E-state index contributed by atoms with van der Waals surface area (Å²) in [5.74, 6) is 0.616. The molecule has 3 aromatic rings. The van der Waals surface area contributed by atoms with Gasteiger partial charge in [-0.2, -0.15) is 5.10 Å². The van der Waals surface area contributed by atoms with Gasteiger partial charge in [0, 0.05) is 12.1 Å². The fourth-order valence-corrected chi connectivity index (χ4v) is 4.06. The summed E-state index contributed by atoms with van der Waals surface area (Å²) < 4.78 is 10.4. The van der Waals surface area contributed by atoms with Crippen LogP contribution < -0.4 is 25.9 Å². The van der Waals surface area contributed by atoms with Crippen LogP contribution >= 0.6 is 0 Å². The summed E-state index contributed by atoms with van der Waals surface area (Å²) in [5.41, 5.74) is 12.0. The van der Waals surface area contributed by atoms with E-state index in [2.05, 4.69) is 21.5 Å². The number of rotatable bonds is 9. The normalized spacial score (nSPS) is 17.6. The number of hydrazone groups is 1. The number of phenolic OH excluding ortho intramolecular Hbond substituents is 2. The third kappa shape index (κ3) is 5.45. The van der Waals surface area contributed by atoms with Gasteiger partial charge in [0.1, 0.15) is 17.9 Å². The number of nitrogens with one attached hydrogen (secondary N) is 3. The number of phenols is 2. The fourth-order valence-electron chi connectivity index (χ4n) is 4.06. The molecule has 2 aliphatic rings. The molecule has 3 aromatic carbocycles. The summed E-state index contributed by atoms with van der Waals surface area (Å²) in [6, 6.07) is 15.6. The van der Waals surface area contributed by atoms with Crippen LogP contribution in [0, 0.1) is 10.1 Å². The monoisotopic (exact) mass is 547 g/mol. The summed E-state index contributed by atoms with van der Waals surface area (Å²) in [4.78, 5) is 22.1. The number of aromatic hydroxyl groups is 2. The van der Waals surface area contributed by atoms with Crippen molar-refractivity contribution < 1.29 is 34.3 Å². The van der Waals surface area contributed by atoms with Crippen LogP contribution in [0.15, 0.2) is 89.3 Å². The van der Waals surface area contributed by atoms with Crippen LogP contribution in [-0.4, -0.2) is 35.1 Å². The molecule has 206 valence electrons. The first kappa shape index (κ1) is 26.3. The van der Waals surface area contributed by atoms with Crippen LogP contribution in [0.25, 0.3) is 0 Å². The maximum Gasteiger partial charge on any atom is 0.269 e. The Balaban J connectivity index is 1.47. The maximum absolute atomic E-state index is 11.0. The van der Waals surface area contributed by atoms with Crippen LogP contribution in [-0.2, 0) is 9.68 Å². The van der Waals surface area contributed by atoms with E-state index < -0.39 is 17.1 Å². The van der Waals surface area contributed by atoms with Crippen molar-refractivity contribution in [3.8, 4) is 23.0 Å². The van der Waals surface area contributed by atoms with Crippen LogP contribution in [0.3, 0.4) is 0 Å². The highest BCUT2D eigenvalue weighted by Crippen LogP contribution is 2.35. The van der Waals surface area contributed by atoms with E-state index in [-0.39, 0.29) is 17.2 Å². The minimum atomic E-state index is -0.533. The van der Waals surface area contributed by atoms with Gasteiger partial charge in [-0.25, -0.2) is 0 Å². The van der Waals surface area contributed by atoms with Crippen molar-refractivity contribution in [3.05, 3.63) is 105 Å². The van der Waals surface area contributed by atoms with E-state index in [1.54, 1.807) is 36.4 Å². The zero-order valence-electron chi connectivity index (χ0n) is 21.3. The lowest BCUT2D eigenvalue weighted by atomic mass is 10.0. The van der Waals surface area contributed by atoms with Gasteiger partial charge >= 0.3 is 0 Å². The number of ether oxygens (including phenoxy) is 2. The summed E-state index contributed by atoms with van der Waals surface area (Å²) in [7, 11) is 2.92. The second-order valence-corrected chi connectivity index (χ2v) is 8.68. The minimum absolute atomic E-state index is 0.00493. The molecule has 0 fully saturated rings. The van der Waals surface area contributed by atoms with E-state index in [1.807, 2.05) is 0 Å². The van der Waals surface area contributed by atoms with E-state index in [9.17, 15) is 20.3 Å². The lowest BCUT2D eigenvalue weighted by molar-refractivity contribution is -0.384. The molecule has 0 spiro atoms. The van der Waals surface area contributed by atoms with Gasteiger partial charge in [-0.05, 0) is 59.7 Å². The highest BCUT2D eigenvalue weighted by molar-refractivity contribution is 6.12. The molecule has 5 N–H and O–H groups in total. The van der Waals surface area contributed by atoms with E-state index in [0.29, 0.717) is 34.3 Å². The highest BCUT2D eigenvalue weighted by Gasteiger charge is 2.29. The number of benzene rings is 3. The molecule has 0 saturated carbocycles. The number of hydroxylamine groups is 2. The number of anilines is 1. The second-order valence-electron chi connectivity index (χ2n) is 8.68. The number of nitrogens with zero attached hydrogens (tertiary/aromatic N) is 2. The Morgan fingerprint density at radius 3 is 1.82 bits per heavy atom. The Morgan fingerprint density at radius 2 is 1.38 bits per heavy atom. The number of nitro groups is 1. The van der Waals surface area contributed by atoms with E-state index in [1.165, 1.54) is 50.6 Å². The zero-order chi connectivity index (χ0) is 28.2. The quantitative estimate of drug-likeness (QED) is 0.148. The third-order valence-corrected chi connectivity index (χ3v) is 6.18. The van der Waals surface area contributed by atoms with E-state index in [4.69, 9.17) is 19.1 Å². The van der Waals surface area contributed by atoms with Crippen LogP contribution in [0.4, 0.5) is 11.4 Å². The first-order valence-electron chi connectivity index (χ1n) is 12.0. The molecule has 5 rings (SSSR count). The van der Waals surface area contributed by atoms with Crippen LogP contribution in [0.5, 0.6) is 23.0 Å². The van der Waals surface area contributed by atoms with Crippen molar-refractivity contribution in [1.82, 2.24) is 11.0 Å². The number of hydrogen-bond donors (Lipinski definition) is 5. The zero-order valence-corrected chi connectivity index (χ0v) is 21.3. The largest absolute Gasteiger partial charge is 0.504 e. The summed E-state index contributed by atoms with van der Waals surface area (Å²) >= 11 is 0. The molecule has 0 aromatic heterocycles. The first-order chi connectivity index (χ1) is 19.4. The number of hydrogen-bond acceptors (Lipinski definition) is 12. The molecule has 2 atom stereocenters. The van der Waals surface area contributed by atoms with Gasteiger partial charge in [0.25, 0.3) is 5.69 Å². The maximum atomic E-state index is 11.0. The smallest absolute Gasteiger partial charge is 0.269 e. The Labute approximate surface area is 228 Å². The van der Waals surface area contributed by atoms with Gasteiger partial charge in [-0.1, -0.05) is 12.1 Å². The SMILES string of the molecule is COc1cc(C2C=C(C(=NNc3ccc([N+](=O)[O-])cc3)C3=CC(c4ccc(O)c(OC)c4)ON3)NO2)ccc1O. The highest BCUT2D eigenvalue weighted by atomic mass is 16.7. The van der Waals surface area contributed by atoms with Gasteiger partial charge < -0.3 is 19.7 Å². The van der Waals surface area contributed by atoms with Crippen molar-refractivity contribution in [2.24, 2.45) is 5.10 Å². The topological polar surface area (TPSA) is 169 Å². The Kier molecular flexibility index (Phi) is 7.39. The lowest BCUT2D eigenvalue weighted by Gasteiger charge is -2.11. The average Bonchev–Trinajstić information content (AvgIpc) is 3.65. The van der Waals surface area contributed by atoms with Crippen molar-refractivity contribution in [2.45, 2.75) is 12.2 Å². The lowest BCUT2D eigenvalue weighted by Crippen LogP contribution is -2.23. The third-order valence-electron chi connectivity index (χ3n) is 6.18. The molecular formula is C27H25N5O8. The summed E-state index contributed by atoms with van der Waals surface area (Å²) in [6.07, 6.45) is 2.52. The Morgan fingerprint density at radius 1 is 0.875 bits per heavy atom. The molecule has 2 heterocycles. The van der Waals surface area contributed by atoms with Crippen LogP contribution in [0.1, 0.15) is 23.3 Å². The summed E-state index contributed by atoms with van der Waals surface area (Å²) in [5, 5.41) is 35.4. The molecule has 0 aliphatic carbocycles. The van der Waals surface area contributed by atoms with Crippen molar-refractivity contribution in [2.75, 3.05) is 19.6 Å². The standard InChI is InChI=1S/C27H25N5O8/c1-37-25-11-15(3-9-21(25)33)23-13-19(30-39-23)27(29-28-17-5-7-18(8-6-17)32(35)36)20-14-24(40-31-20)16-4-10-22(34)26(12-16)38-2/h3-14,23-24,28,30-31,33-34H,1-2H3. The molecule has 0 saturated heterocycles. The molecule has 0 bridgehead atoms. The fraction of sp³-hybridized carbons (Fsp3) is 0.148. The Bertz CT molecular complexity index is 1440. The molecule has 13 nitrogen and oxygen atoms in total. The Hall–Kier alpha value is -5.27. The number of non-ortho nitro benzene ring substituents is 1. The van der Waals surface area contributed by atoms with Crippen LogP contribution in [0.2, 0.25) is 0 Å². The first-order valence-corrected chi connectivity index (χ1v) is 12.0. The second kappa shape index (κ2) is 11.2. The number of nitro benzene ring substituents is 1. The molecule has 2 aliphatic heterocycles. The van der Waals surface area contributed by atoms with Crippen molar-refractivity contribution >= 4 is 17.1 Å². The van der Waals surface area contributed by atoms with Crippen molar-refractivity contribution in [1.29, 1.82) is 0 Å². The van der Waals surface area contributed by atoms with Gasteiger partial charge in [0.05, 0.1) is 36.2 Å². The summed E-state index contributed by atoms with van der Waals surface area (Å²) in [6.45, 7) is 0. The van der Waals surface area contributed by atoms with Gasteiger partial charge in [0.15, 0.2) is 23.0 Å². The molecule has 13 heteroatoms. The average molecular weight is 548 g/mol. The van der Waals surface area contributed by atoms with Gasteiger partial charge in [-0.3, -0.25) is 36.2 Å². The van der Waals surface area contributed by atoms with E-state index >= 15 is 0 Å². The molecular weight excluding hydrogens is 522 g/mol. The molecule has 40 heavy (non-hydrogen) atoms. The molecule has 0 radical (unpaired) electrons. The minimum Gasteiger partial charge on any atom is -0.504 e. The van der Waals surface area contributed by atoms with Gasteiger partial charge in [-0.15, -0.1) is 0 Å².